The van der Waals surface area contributed by atoms with E-state index in [1.807, 2.05) is 4.90 Å². The molecule has 0 aromatic rings. The van der Waals surface area contributed by atoms with Crippen LogP contribution in [-0.2, 0) is 4.74 Å². The van der Waals surface area contributed by atoms with E-state index >= 15 is 0 Å². The Balaban J connectivity index is 1.74. The number of rotatable bonds is 3. The Bertz CT molecular complexity index is 342. The van der Waals surface area contributed by atoms with Crippen LogP contribution in [0, 0.1) is 5.92 Å². The number of alkyl halides is 3. The minimum atomic E-state index is -4.12. The lowest BCUT2D eigenvalue weighted by Crippen LogP contribution is -2.45. The van der Waals surface area contributed by atoms with Crippen molar-refractivity contribution in [2.24, 2.45) is 16.6 Å². The Morgan fingerprint density at radius 2 is 1.95 bits per heavy atom. The van der Waals surface area contributed by atoms with Gasteiger partial charge in [0.05, 0.1) is 19.8 Å². The van der Waals surface area contributed by atoms with Crippen molar-refractivity contribution in [3.8, 4) is 0 Å². The molecule has 0 saturated carbocycles. The molecule has 0 amide bonds. The maximum atomic E-state index is 12.3. The minimum Gasteiger partial charge on any atom is -0.378 e. The van der Waals surface area contributed by atoms with Crippen molar-refractivity contribution in [3.63, 3.8) is 0 Å². The van der Waals surface area contributed by atoms with Gasteiger partial charge in [-0.1, -0.05) is 0 Å². The molecule has 2 rings (SSSR count). The van der Waals surface area contributed by atoms with Crippen molar-refractivity contribution >= 4 is 5.96 Å². The first-order chi connectivity index (χ1) is 9.44. The molecule has 2 fully saturated rings. The molecule has 1 unspecified atom stereocenters. The van der Waals surface area contributed by atoms with Gasteiger partial charge >= 0.3 is 6.18 Å². The van der Waals surface area contributed by atoms with Gasteiger partial charge in [-0.3, -0.25) is 9.89 Å². The number of guanidine groups is 1. The number of morpholine rings is 1. The second-order valence-corrected chi connectivity index (χ2v) is 5.30. The molecule has 116 valence electrons. The van der Waals surface area contributed by atoms with Gasteiger partial charge in [-0.2, -0.15) is 13.2 Å². The lowest BCUT2D eigenvalue weighted by Gasteiger charge is -2.27. The van der Waals surface area contributed by atoms with E-state index in [9.17, 15) is 13.2 Å². The highest BCUT2D eigenvalue weighted by Crippen LogP contribution is 2.22. The number of hydrogen-bond donors (Lipinski definition) is 1. The van der Waals surface area contributed by atoms with Crippen LogP contribution in [0.15, 0.2) is 4.99 Å². The summed E-state index contributed by atoms with van der Waals surface area (Å²) >= 11 is 0. The number of likely N-dealkylation sites (tertiary alicyclic amines) is 1. The van der Waals surface area contributed by atoms with E-state index in [2.05, 4.69) is 4.99 Å². The van der Waals surface area contributed by atoms with Gasteiger partial charge < -0.3 is 15.4 Å². The van der Waals surface area contributed by atoms with Crippen LogP contribution in [-0.4, -0.2) is 74.4 Å². The SMILES string of the molecule is NC(=NCC1CCN(CC(F)(F)F)C1)N1CCOCC1. The third-order valence-corrected chi connectivity index (χ3v) is 3.62. The fraction of sp³-hybridized carbons (Fsp3) is 0.917. The van der Waals surface area contributed by atoms with Crippen LogP contribution in [0.1, 0.15) is 6.42 Å². The van der Waals surface area contributed by atoms with Crippen LogP contribution in [0.4, 0.5) is 13.2 Å². The molecule has 2 saturated heterocycles. The average molecular weight is 294 g/mol. The van der Waals surface area contributed by atoms with Gasteiger partial charge in [0.25, 0.3) is 0 Å². The molecule has 2 N–H and O–H groups in total. The van der Waals surface area contributed by atoms with Gasteiger partial charge in [0.2, 0.25) is 0 Å². The largest absolute Gasteiger partial charge is 0.401 e. The number of hydrogen-bond acceptors (Lipinski definition) is 3. The number of halogens is 3. The molecule has 2 aliphatic rings. The van der Waals surface area contributed by atoms with Crippen LogP contribution < -0.4 is 5.73 Å². The topological polar surface area (TPSA) is 54.1 Å². The Kier molecular flexibility index (Phi) is 5.09. The van der Waals surface area contributed by atoms with E-state index in [1.54, 1.807) is 0 Å². The maximum absolute atomic E-state index is 12.3. The fourth-order valence-corrected chi connectivity index (χ4v) is 2.57. The Labute approximate surface area is 116 Å². The Morgan fingerprint density at radius 1 is 1.25 bits per heavy atom. The summed E-state index contributed by atoms with van der Waals surface area (Å²) in [6.07, 6.45) is -3.37. The van der Waals surface area contributed by atoms with E-state index in [4.69, 9.17) is 10.5 Å². The Morgan fingerprint density at radius 3 is 2.60 bits per heavy atom. The highest BCUT2D eigenvalue weighted by molar-refractivity contribution is 5.78. The number of aliphatic imine (C=N–C) groups is 1. The number of nitrogens with zero attached hydrogens (tertiary/aromatic N) is 3. The molecule has 0 spiro atoms. The zero-order valence-electron chi connectivity index (χ0n) is 11.4. The number of nitrogens with two attached hydrogens (primary N) is 1. The first kappa shape index (κ1) is 15.4. The van der Waals surface area contributed by atoms with Gasteiger partial charge in [0, 0.05) is 26.2 Å². The fourth-order valence-electron chi connectivity index (χ4n) is 2.57. The number of ether oxygens (including phenoxy) is 1. The summed E-state index contributed by atoms with van der Waals surface area (Å²) in [6, 6.07) is 0. The van der Waals surface area contributed by atoms with Crippen LogP contribution in [0.2, 0.25) is 0 Å². The molecule has 0 bridgehead atoms. The lowest BCUT2D eigenvalue weighted by molar-refractivity contribution is -0.143. The van der Waals surface area contributed by atoms with Gasteiger partial charge in [0.15, 0.2) is 5.96 Å². The smallest absolute Gasteiger partial charge is 0.378 e. The van der Waals surface area contributed by atoms with E-state index < -0.39 is 12.7 Å². The molecule has 20 heavy (non-hydrogen) atoms. The van der Waals surface area contributed by atoms with Gasteiger partial charge in [-0.25, -0.2) is 0 Å². The highest BCUT2D eigenvalue weighted by Gasteiger charge is 2.34. The molecule has 1 atom stereocenters. The van der Waals surface area contributed by atoms with Crippen molar-refractivity contribution in [2.75, 3.05) is 52.5 Å². The third-order valence-electron chi connectivity index (χ3n) is 3.62. The van der Waals surface area contributed by atoms with E-state index in [0.29, 0.717) is 38.8 Å². The molecule has 2 heterocycles. The molecule has 0 radical (unpaired) electrons. The summed E-state index contributed by atoms with van der Waals surface area (Å²) in [6.45, 7) is 3.32. The van der Waals surface area contributed by atoms with Crippen LogP contribution in [0.3, 0.4) is 0 Å². The summed E-state index contributed by atoms with van der Waals surface area (Å²) in [7, 11) is 0. The zero-order chi connectivity index (χ0) is 14.6. The summed E-state index contributed by atoms with van der Waals surface area (Å²) in [5.74, 6) is 0.638. The second kappa shape index (κ2) is 6.62. The molecule has 0 aliphatic carbocycles. The summed E-state index contributed by atoms with van der Waals surface area (Å²) in [5, 5.41) is 0. The van der Waals surface area contributed by atoms with Gasteiger partial charge in [-0.05, 0) is 18.9 Å². The molecule has 0 aromatic heterocycles. The predicted octanol–water partition coefficient (Wildman–Crippen LogP) is 0.517. The standard InChI is InChI=1S/C12H21F3N4O/c13-12(14,15)9-18-2-1-10(8-18)7-17-11(16)19-3-5-20-6-4-19/h10H,1-9H2,(H2,16,17). The maximum Gasteiger partial charge on any atom is 0.401 e. The first-order valence-corrected chi connectivity index (χ1v) is 6.86. The average Bonchev–Trinajstić information content (AvgIpc) is 2.82. The van der Waals surface area contributed by atoms with Crippen LogP contribution >= 0.6 is 0 Å². The van der Waals surface area contributed by atoms with Gasteiger partial charge in [-0.15, -0.1) is 0 Å². The van der Waals surface area contributed by atoms with Crippen LogP contribution in [0.5, 0.6) is 0 Å². The first-order valence-electron chi connectivity index (χ1n) is 6.86. The molecular formula is C12H21F3N4O. The minimum absolute atomic E-state index is 0.164. The molecule has 2 aliphatic heterocycles. The van der Waals surface area contributed by atoms with E-state index in [1.165, 1.54) is 4.90 Å². The van der Waals surface area contributed by atoms with Crippen LogP contribution in [0.25, 0.3) is 0 Å². The monoisotopic (exact) mass is 294 g/mol. The lowest BCUT2D eigenvalue weighted by atomic mass is 10.1. The molecule has 5 nitrogen and oxygen atoms in total. The molecular weight excluding hydrogens is 273 g/mol. The van der Waals surface area contributed by atoms with Crippen molar-refractivity contribution in [1.29, 1.82) is 0 Å². The van der Waals surface area contributed by atoms with Crippen molar-refractivity contribution < 1.29 is 17.9 Å². The van der Waals surface area contributed by atoms with Crippen molar-refractivity contribution in [1.82, 2.24) is 9.80 Å². The van der Waals surface area contributed by atoms with Gasteiger partial charge in [0.1, 0.15) is 0 Å². The Hall–Kier alpha value is -1.02. The zero-order valence-corrected chi connectivity index (χ0v) is 11.4. The molecule has 0 aromatic carbocycles. The summed E-state index contributed by atoms with van der Waals surface area (Å²) in [4.78, 5) is 7.70. The quantitative estimate of drug-likeness (QED) is 0.609. The highest BCUT2D eigenvalue weighted by atomic mass is 19.4. The molecule has 8 heteroatoms. The predicted molar refractivity (Wildman–Crippen MR) is 69.5 cm³/mol. The van der Waals surface area contributed by atoms with E-state index in [-0.39, 0.29) is 5.92 Å². The second-order valence-electron chi connectivity index (χ2n) is 5.30. The van der Waals surface area contributed by atoms with Crippen molar-refractivity contribution in [2.45, 2.75) is 12.6 Å². The third kappa shape index (κ3) is 4.82. The summed E-state index contributed by atoms with van der Waals surface area (Å²) < 4.78 is 42.1. The normalized spacial score (nSPS) is 26.2. The summed E-state index contributed by atoms with van der Waals surface area (Å²) in [5.41, 5.74) is 5.89. The van der Waals surface area contributed by atoms with Crippen molar-refractivity contribution in [3.05, 3.63) is 0 Å². The van der Waals surface area contributed by atoms with E-state index in [0.717, 1.165) is 19.5 Å².